The maximum absolute atomic E-state index is 12.6. The summed E-state index contributed by atoms with van der Waals surface area (Å²) in [6.07, 6.45) is 2.09. The van der Waals surface area contributed by atoms with E-state index in [0.717, 1.165) is 28.9 Å². The highest BCUT2D eigenvalue weighted by Gasteiger charge is 2.26. The fourth-order valence-corrected chi connectivity index (χ4v) is 5.18. The van der Waals surface area contributed by atoms with Gasteiger partial charge in [0.1, 0.15) is 0 Å². The topological polar surface area (TPSA) is 93.4 Å². The molecule has 0 radical (unpaired) electrons. The van der Waals surface area contributed by atoms with Gasteiger partial charge in [-0.25, -0.2) is 18.5 Å². The predicted molar refractivity (Wildman–Crippen MR) is 110 cm³/mol. The third kappa shape index (κ3) is 4.09. The fourth-order valence-electron chi connectivity index (χ4n) is 3.52. The van der Waals surface area contributed by atoms with E-state index in [4.69, 9.17) is 10.1 Å². The minimum Gasteiger partial charge on any atom is -0.342 e. The van der Waals surface area contributed by atoms with Gasteiger partial charge in [0.15, 0.2) is 0 Å². The van der Waals surface area contributed by atoms with Crippen molar-refractivity contribution in [3.63, 3.8) is 0 Å². The molecule has 0 unspecified atom stereocenters. The molecule has 0 spiro atoms. The first-order valence-electron chi connectivity index (χ1n) is 9.15. The number of hydrogen-bond acceptors (Lipinski definition) is 5. The molecule has 0 bridgehead atoms. The van der Waals surface area contributed by atoms with Crippen LogP contribution in [0.5, 0.6) is 0 Å². The smallest absolute Gasteiger partial charge is 0.238 e. The van der Waals surface area contributed by atoms with Crippen LogP contribution in [0.1, 0.15) is 29.3 Å². The number of hydrogen-bond donors (Lipinski definition) is 1. The van der Waals surface area contributed by atoms with Crippen LogP contribution in [0.3, 0.4) is 0 Å². The first-order valence-corrected chi connectivity index (χ1v) is 11.5. The van der Waals surface area contributed by atoms with Crippen LogP contribution in [-0.4, -0.2) is 37.3 Å². The average molecular weight is 416 g/mol. The van der Waals surface area contributed by atoms with Gasteiger partial charge in [-0.05, 0) is 42.7 Å². The van der Waals surface area contributed by atoms with E-state index in [1.54, 1.807) is 23.5 Å². The summed E-state index contributed by atoms with van der Waals surface area (Å²) in [5, 5.41) is 6.26. The number of amides is 1. The van der Waals surface area contributed by atoms with E-state index in [9.17, 15) is 13.2 Å². The summed E-state index contributed by atoms with van der Waals surface area (Å²) in [6.45, 7) is 1.43. The molecule has 146 valence electrons. The van der Waals surface area contributed by atoms with Crippen molar-refractivity contribution in [2.75, 3.05) is 13.1 Å². The van der Waals surface area contributed by atoms with Gasteiger partial charge in [0.25, 0.3) is 0 Å². The molecule has 0 saturated carbocycles. The zero-order chi connectivity index (χ0) is 19.7. The van der Waals surface area contributed by atoms with Crippen LogP contribution in [0.2, 0.25) is 0 Å². The van der Waals surface area contributed by atoms with Gasteiger partial charge in [-0.15, -0.1) is 11.3 Å². The molecule has 1 aromatic heterocycles. The largest absolute Gasteiger partial charge is 0.342 e. The molecule has 1 aliphatic heterocycles. The number of benzene rings is 2. The monoisotopic (exact) mass is 415 g/mol. The number of nitrogens with zero attached hydrogens (tertiary/aromatic N) is 2. The molecule has 2 heterocycles. The molecular formula is C20H21N3O3S2. The number of para-hydroxylation sites is 1. The fraction of sp³-hybridized carbons (Fsp3) is 0.300. The van der Waals surface area contributed by atoms with Gasteiger partial charge in [0.2, 0.25) is 15.9 Å². The highest BCUT2D eigenvalue weighted by Crippen LogP contribution is 2.33. The Morgan fingerprint density at radius 2 is 1.79 bits per heavy atom. The second-order valence-electron chi connectivity index (χ2n) is 7.04. The molecule has 2 N–H and O–H groups in total. The number of likely N-dealkylation sites (tertiary alicyclic amines) is 1. The maximum Gasteiger partial charge on any atom is 0.238 e. The first kappa shape index (κ1) is 19.0. The summed E-state index contributed by atoms with van der Waals surface area (Å²) in [6, 6.07) is 14.3. The lowest BCUT2D eigenvalue weighted by Gasteiger charge is -2.31. The van der Waals surface area contributed by atoms with E-state index >= 15 is 0 Å². The van der Waals surface area contributed by atoms with Crippen molar-refractivity contribution in [3.8, 4) is 0 Å². The number of primary sulfonamides is 1. The molecule has 0 aliphatic carbocycles. The summed E-state index contributed by atoms with van der Waals surface area (Å²) in [4.78, 5) is 19.3. The summed E-state index contributed by atoms with van der Waals surface area (Å²) in [5.74, 6) is 0.460. The number of carbonyl (C=O) groups is 1. The minimum absolute atomic E-state index is 0.0559. The van der Waals surface area contributed by atoms with Gasteiger partial charge in [0, 0.05) is 19.0 Å². The molecule has 2 aromatic carbocycles. The van der Waals surface area contributed by atoms with Crippen molar-refractivity contribution in [2.45, 2.75) is 30.1 Å². The van der Waals surface area contributed by atoms with Gasteiger partial charge in [-0.2, -0.15) is 0 Å². The predicted octanol–water partition coefficient (Wildman–Crippen LogP) is 2.89. The number of piperidine rings is 1. The number of carbonyl (C=O) groups excluding carboxylic acids is 1. The molecule has 1 aliphatic rings. The van der Waals surface area contributed by atoms with Crippen LogP contribution < -0.4 is 5.14 Å². The molecule has 1 fully saturated rings. The lowest BCUT2D eigenvalue weighted by molar-refractivity contribution is -0.131. The van der Waals surface area contributed by atoms with Crippen molar-refractivity contribution >= 4 is 37.5 Å². The van der Waals surface area contributed by atoms with Crippen molar-refractivity contribution in [1.29, 1.82) is 0 Å². The third-order valence-electron chi connectivity index (χ3n) is 5.11. The number of fused-ring (bicyclic) bond motifs is 1. The Labute approximate surface area is 168 Å². The van der Waals surface area contributed by atoms with Gasteiger partial charge in [-0.1, -0.05) is 24.3 Å². The van der Waals surface area contributed by atoms with Gasteiger partial charge < -0.3 is 4.90 Å². The molecule has 8 heteroatoms. The lowest BCUT2D eigenvalue weighted by Crippen LogP contribution is -2.38. The maximum atomic E-state index is 12.6. The summed E-state index contributed by atoms with van der Waals surface area (Å²) < 4.78 is 23.8. The Morgan fingerprint density at radius 3 is 2.43 bits per heavy atom. The minimum atomic E-state index is -3.71. The van der Waals surface area contributed by atoms with Gasteiger partial charge >= 0.3 is 0 Å². The normalized spacial score (nSPS) is 15.8. The van der Waals surface area contributed by atoms with Gasteiger partial charge in [-0.3, -0.25) is 4.79 Å². The first-order chi connectivity index (χ1) is 13.4. The van der Waals surface area contributed by atoms with E-state index in [-0.39, 0.29) is 17.2 Å². The SMILES string of the molecule is NS(=O)(=O)c1ccc(CC(=O)N2CCC(c3nc4ccccc4s3)CC2)cc1. The van der Waals surface area contributed by atoms with Crippen LogP contribution >= 0.6 is 11.3 Å². The molecule has 1 saturated heterocycles. The van der Waals surface area contributed by atoms with E-state index in [1.807, 2.05) is 23.1 Å². The summed E-state index contributed by atoms with van der Waals surface area (Å²) >= 11 is 1.75. The van der Waals surface area contributed by atoms with Crippen molar-refractivity contribution < 1.29 is 13.2 Å². The number of sulfonamides is 1. The quantitative estimate of drug-likeness (QED) is 0.709. The number of aromatic nitrogens is 1. The van der Waals surface area contributed by atoms with E-state index < -0.39 is 10.0 Å². The Bertz CT molecular complexity index is 1070. The second kappa shape index (κ2) is 7.62. The van der Waals surface area contributed by atoms with Crippen LogP contribution in [0.4, 0.5) is 0 Å². The number of nitrogens with two attached hydrogens (primary N) is 1. The zero-order valence-electron chi connectivity index (χ0n) is 15.2. The van der Waals surface area contributed by atoms with Crippen LogP contribution in [-0.2, 0) is 21.2 Å². The van der Waals surface area contributed by atoms with Crippen molar-refractivity contribution in [3.05, 3.63) is 59.1 Å². The third-order valence-corrected chi connectivity index (χ3v) is 7.24. The van der Waals surface area contributed by atoms with Crippen molar-refractivity contribution in [1.82, 2.24) is 9.88 Å². The van der Waals surface area contributed by atoms with Crippen LogP contribution in [0.15, 0.2) is 53.4 Å². The Balaban J connectivity index is 1.36. The highest BCUT2D eigenvalue weighted by molar-refractivity contribution is 7.89. The zero-order valence-corrected chi connectivity index (χ0v) is 16.9. The van der Waals surface area contributed by atoms with Crippen molar-refractivity contribution in [2.24, 2.45) is 5.14 Å². The Hall–Kier alpha value is -2.29. The molecule has 0 atom stereocenters. The lowest BCUT2D eigenvalue weighted by atomic mass is 9.97. The highest BCUT2D eigenvalue weighted by atomic mass is 32.2. The van der Waals surface area contributed by atoms with Gasteiger partial charge in [0.05, 0.1) is 26.5 Å². The van der Waals surface area contributed by atoms with E-state index in [2.05, 4.69) is 6.07 Å². The Morgan fingerprint density at radius 1 is 1.11 bits per heavy atom. The van der Waals surface area contributed by atoms with E-state index in [0.29, 0.717) is 19.0 Å². The second-order valence-corrected chi connectivity index (χ2v) is 9.66. The number of rotatable bonds is 4. The molecule has 1 amide bonds. The molecular weight excluding hydrogens is 394 g/mol. The number of thiazole rings is 1. The molecule has 28 heavy (non-hydrogen) atoms. The molecule has 4 rings (SSSR count). The molecule has 3 aromatic rings. The Kier molecular flexibility index (Phi) is 5.18. The van der Waals surface area contributed by atoms with Crippen LogP contribution in [0.25, 0.3) is 10.2 Å². The summed E-state index contributed by atoms with van der Waals surface area (Å²) in [7, 11) is -3.71. The van der Waals surface area contributed by atoms with E-state index in [1.165, 1.54) is 16.8 Å². The average Bonchev–Trinajstić information content (AvgIpc) is 3.12. The summed E-state index contributed by atoms with van der Waals surface area (Å²) in [5.41, 5.74) is 1.83. The van der Waals surface area contributed by atoms with Crippen LogP contribution in [0, 0.1) is 0 Å². The standard InChI is InChI=1S/C20H21N3O3S2/c21-28(25,26)16-7-5-14(6-8-16)13-19(24)23-11-9-15(10-12-23)20-22-17-3-1-2-4-18(17)27-20/h1-8,15H,9-13H2,(H2,21,25,26). The molecule has 6 nitrogen and oxygen atoms in total.